The Morgan fingerprint density at radius 2 is 1.80 bits per heavy atom. The zero-order chi connectivity index (χ0) is 24.6. The fourth-order valence-corrected chi connectivity index (χ4v) is 5.88. The van der Waals surface area contributed by atoms with E-state index in [0.29, 0.717) is 32.7 Å². The molecule has 2 aromatic heterocycles. The van der Waals surface area contributed by atoms with Gasteiger partial charge in [0, 0.05) is 38.1 Å². The minimum atomic E-state index is -3.76. The van der Waals surface area contributed by atoms with Gasteiger partial charge in [-0.2, -0.15) is 4.31 Å². The topological polar surface area (TPSA) is 80.6 Å². The van der Waals surface area contributed by atoms with Gasteiger partial charge in [-0.05, 0) is 54.6 Å². The lowest BCUT2D eigenvalue weighted by Gasteiger charge is -2.33. The lowest BCUT2D eigenvalue weighted by Crippen LogP contribution is -2.48. The monoisotopic (exact) mass is 515 g/mol. The molecule has 0 saturated carbocycles. The van der Waals surface area contributed by atoms with Gasteiger partial charge in [0.2, 0.25) is 10.0 Å². The van der Waals surface area contributed by atoms with E-state index in [2.05, 4.69) is 9.88 Å². The molecule has 0 aliphatic carbocycles. The largest absolute Gasteiger partial charge is 0.497 e. The second kappa shape index (κ2) is 9.54. The fraction of sp³-hybridized carbons (Fsp3) is 0.250. The molecule has 182 valence electrons. The van der Waals surface area contributed by atoms with Crippen LogP contribution in [-0.4, -0.2) is 65.4 Å². The van der Waals surface area contributed by atoms with Gasteiger partial charge in [0.15, 0.2) is 5.65 Å². The van der Waals surface area contributed by atoms with Crippen LogP contribution >= 0.6 is 11.6 Å². The number of hydrogen-bond acceptors (Lipinski definition) is 6. The molecule has 0 amide bonds. The normalized spacial score (nSPS) is 15.5. The van der Waals surface area contributed by atoms with Gasteiger partial charge in [-0.15, -0.1) is 0 Å². The summed E-state index contributed by atoms with van der Waals surface area (Å²) in [5, 5.41) is -0.212. The summed E-state index contributed by atoms with van der Waals surface area (Å²) in [7, 11) is -2.14. The molecule has 8 nitrogen and oxygen atoms in total. The predicted molar refractivity (Wildman–Crippen MR) is 131 cm³/mol. The van der Waals surface area contributed by atoms with Crippen molar-refractivity contribution in [2.24, 2.45) is 0 Å². The first-order valence-corrected chi connectivity index (χ1v) is 12.8. The maximum Gasteiger partial charge on any atom is 0.243 e. The number of imidazole rings is 1. The predicted octanol–water partition coefficient (Wildman–Crippen LogP) is 3.73. The molecule has 35 heavy (non-hydrogen) atoms. The van der Waals surface area contributed by atoms with Gasteiger partial charge < -0.3 is 4.74 Å². The average Bonchev–Trinajstić information content (AvgIpc) is 3.23. The molecule has 0 atom stereocenters. The van der Waals surface area contributed by atoms with Crippen LogP contribution in [0.15, 0.2) is 65.7 Å². The molecule has 3 heterocycles. The molecule has 2 aromatic carbocycles. The summed E-state index contributed by atoms with van der Waals surface area (Å²) in [6.07, 6.45) is 1.74. The molecule has 5 rings (SSSR count). The van der Waals surface area contributed by atoms with Gasteiger partial charge in [-0.1, -0.05) is 11.6 Å². The number of aromatic nitrogens is 3. The number of halogens is 2. The Morgan fingerprint density at radius 3 is 2.49 bits per heavy atom. The van der Waals surface area contributed by atoms with Crippen LogP contribution in [0.1, 0.15) is 5.82 Å². The summed E-state index contributed by atoms with van der Waals surface area (Å²) in [6.45, 7) is 2.18. The summed E-state index contributed by atoms with van der Waals surface area (Å²) in [6, 6.07) is 14.9. The third-order valence-corrected chi connectivity index (χ3v) is 8.23. The van der Waals surface area contributed by atoms with Crippen LogP contribution in [0.25, 0.3) is 16.9 Å². The number of benzene rings is 2. The van der Waals surface area contributed by atoms with Crippen molar-refractivity contribution in [3.05, 3.63) is 77.5 Å². The Hall–Kier alpha value is -3.05. The maximum absolute atomic E-state index is 13.5. The van der Waals surface area contributed by atoms with Crippen molar-refractivity contribution in [2.75, 3.05) is 33.3 Å². The van der Waals surface area contributed by atoms with E-state index in [1.807, 2.05) is 41.0 Å². The van der Waals surface area contributed by atoms with Crippen molar-refractivity contribution in [3.8, 4) is 11.4 Å². The molecular formula is C24H23ClFN5O3S. The molecule has 1 aliphatic heterocycles. The first-order chi connectivity index (χ1) is 16.9. The maximum atomic E-state index is 13.5. The van der Waals surface area contributed by atoms with Crippen molar-refractivity contribution in [1.29, 1.82) is 0 Å². The van der Waals surface area contributed by atoms with Crippen molar-refractivity contribution in [2.45, 2.75) is 11.4 Å². The highest BCUT2D eigenvalue weighted by atomic mass is 35.5. The van der Waals surface area contributed by atoms with E-state index < -0.39 is 15.8 Å². The van der Waals surface area contributed by atoms with Gasteiger partial charge >= 0.3 is 0 Å². The highest BCUT2D eigenvalue weighted by Gasteiger charge is 2.29. The molecule has 1 fully saturated rings. The summed E-state index contributed by atoms with van der Waals surface area (Å²) in [4.78, 5) is 11.5. The second-order valence-corrected chi connectivity index (χ2v) is 10.5. The molecule has 0 bridgehead atoms. The summed E-state index contributed by atoms with van der Waals surface area (Å²) >= 11 is 5.80. The van der Waals surface area contributed by atoms with Gasteiger partial charge in [0.25, 0.3) is 0 Å². The highest BCUT2D eigenvalue weighted by molar-refractivity contribution is 7.89. The van der Waals surface area contributed by atoms with Crippen LogP contribution in [0, 0.1) is 5.82 Å². The average molecular weight is 516 g/mol. The number of piperazine rings is 1. The molecule has 0 N–H and O–H groups in total. The molecule has 4 aromatic rings. The van der Waals surface area contributed by atoms with Crippen molar-refractivity contribution in [3.63, 3.8) is 0 Å². The van der Waals surface area contributed by atoms with Crippen LogP contribution in [-0.2, 0) is 16.6 Å². The zero-order valence-electron chi connectivity index (χ0n) is 18.9. The van der Waals surface area contributed by atoms with E-state index in [1.54, 1.807) is 13.3 Å². The van der Waals surface area contributed by atoms with Crippen LogP contribution in [0.2, 0.25) is 5.02 Å². The second-order valence-electron chi connectivity index (χ2n) is 8.16. The Bertz CT molecular complexity index is 1470. The number of pyridine rings is 1. The molecule has 0 radical (unpaired) electrons. The van der Waals surface area contributed by atoms with E-state index in [-0.39, 0.29) is 9.92 Å². The Labute approximate surface area is 207 Å². The number of ether oxygens (including phenoxy) is 1. The third-order valence-electron chi connectivity index (χ3n) is 6.04. The number of rotatable bonds is 6. The van der Waals surface area contributed by atoms with Gasteiger partial charge in [-0.25, -0.2) is 22.8 Å². The summed E-state index contributed by atoms with van der Waals surface area (Å²) in [5.41, 5.74) is 2.45. The molecule has 0 spiro atoms. The standard InChI is InChI=1S/C24H23ClFN5O3S/c1-34-18-6-4-17(5-7-18)31-23(28-22-3-2-10-27-24(22)31)16-29-11-13-30(14-12-29)35(32,33)19-8-9-21(26)20(25)15-19/h2-10,15H,11-14,16H2,1H3. The van der Waals surface area contributed by atoms with Gasteiger partial charge in [-0.3, -0.25) is 9.47 Å². The van der Waals surface area contributed by atoms with E-state index in [0.717, 1.165) is 40.6 Å². The third kappa shape index (κ3) is 4.62. The molecule has 1 saturated heterocycles. The Balaban J connectivity index is 1.36. The van der Waals surface area contributed by atoms with Crippen LogP contribution in [0.3, 0.4) is 0 Å². The van der Waals surface area contributed by atoms with E-state index in [1.165, 1.54) is 10.4 Å². The molecule has 11 heteroatoms. The Kier molecular flexibility index (Phi) is 6.45. The SMILES string of the molecule is COc1ccc(-n2c(CN3CCN(S(=O)(=O)c4ccc(F)c(Cl)c4)CC3)nc3cccnc32)cc1. The fourth-order valence-electron chi connectivity index (χ4n) is 4.18. The van der Waals surface area contributed by atoms with E-state index >= 15 is 0 Å². The number of methoxy groups -OCH3 is 1. The highest BCUT2D eigenvalue weighted by Crippen LogP contribution is 2.25. The molecule has 1 aliphatic rings. The van der Waals surface area contributed by atoms with Crippen molar-refractivity contribution < 1.29 is 17.5 Å². The number of hydrogen-bond donors (Lipinski definition) is 0. The molecular weight excluding hydrogens is 493 g/mol. The number of nitrogens with zero attached hydrogens (tertiary/aromatic N) is 5. The quantitative estimate of drug-likeness (QED) is 0.389. The van der Waals surface area contributed by atoms with E-state index in [4.69, 9.17) is 21.3 Å². The van der Waals surface area contributed by atoms with E-state index in [9.17, 15) is 12.8 Å². The van der Waals surface area contributed by atoms with Gasteiger partial charge in [0.05, 0.1) is 23.6 Å². The van der Waals surface area contributed by atoms with Crippen LogP contribution in [0.5, 0.6) is 5.75 Å². The summed E-state index contributed by atoms with van der Waals surface area (Å²) in [5.74, 6) is 0.919. The minimum absolute atomic E-state index is 0.00952. The molecule has 0 unspecified atom stereocenters. The Morgan fingerprint density at radius 1 is 1.06 bits per heavy atom. The lowest BCUT2D eigenvalue weighted by molar-refractivity contribution is 0.177. The number of sulfonamides is 1. The van der Waals surface area contributed by atoms with Crippen LogP contribution < -0.4 is 4.74 Å². The minimum Gasteiger partial charge on any atom is -0.497 e. The van der Waals surface area contributed by atoms with Gasteiger partial charge in [0.1, 0.15) is 22.9 Å². The lowest BCUT2D eigenvalue weighted by atomic mass is 10.3. The van der Waals surface area contributed by atoms with Crippen LogP contribution in [0.4, 0.5) is 4.39 Å². The van der Waals surface area contributed by atoms with Crippen molar-refractivity contribution >= 4 is 32.8 Å². The van der Waals surface area contributed by atoms with Crippen molar-refractivity contribution in [1.82, 2.24) is 23.7 Å². The smallest absolute Gasteiger partial charge is 0.243 e. The number of fused-ring (bicyclic) bond motifs is 1. The summed E-state index contributed by atoms with van der Waals surface area (Å²) < 4.78 is 48.2. The first kappa shape index (κ1) is 23.7. The zero-order valence-corrected chi connectivity index (χ0v) is 20.5. The first-order valence-electron chi connectivity index (χ1n) is 11.0.